The fraction of sp³-hybridized carbons (Fsp3) is 0.385. The number of aryl methyl sites for hydroxylation is 1. The second kappa shape index (κ2) is 8.78. The normalized spacial score (nSPS) is 21.8. The van der Waals surface area contributed by atoms with Gasteiger partial charge in [0, 0.05) is 39.1 Å². The van der Waals surface area contributed by atoms with E-state index in [4.69, 9.17) is 9.47 Å². The van der Waals surface area contributed by atoms with Crippen molar-refractivity contribution < 1.29 is 23.5 Å². The molecule has 1 aromatic heterocycles. The third kappa shape index (κ3) is 4.60. The number of ketones is 1. The summed E-state index contributed by atoms with van der Waals surface area (Å²) >= 11 is 1.56. The highest BCUT2D eigenvalue weighted by Crippen LogP contribution is 2.48. The van der Waals surface area contributed by atoms with E-state index in [0.717, 1.165) is 21.0 Å². The van der Waals surface area contributed by atoms with Crippen molar-refractivity contribution in [2.24, 2.45) is 11.3 Å². The van der Waals surface area contributed by atoms with Gasteiger partial charge in [0.2, 0.25) is 0 Å². The molecule has 1 aromatic carbocycles. The van der Waals surface area contributed by atoms with Crippen molar-refractivity contribution in [1.82, 2.24) is 5.32 Å². The summed E-state index contributed by atoms with van der Waals surface area (Å²) in [5.41, 5.74) is 2.76. The van der Waals surface area contributed by atoms with Crippen LogP contribution in [0.3, 0.4) is 0 Å². The van der Waals surface area contributed by atoms with Crippen molar-refractivity contribution in [2.45, 2.75) is 46.6 Å². The smallest absolute Gasteiger partial charge is 0.336 e. The highest BCUT2D eigenvalue weighted by atomic mass is 32.1. The lowest BCUT2D eigenvalue weighted by molar-refractivity contribution is -0.136. The van der Waals surface area contributed by atoms with Crippen molar-refractivity contribution >= 4 is 23.1 Å². The Morgan fingerprint density at radius 1 is 1.21 bits per heavy atom. The third-order valence-corrected chi connectivity index (χ3v) is 7.37. The number of esters is 1. The van der Waals surface area contributed by atoms with Crippen LogP contribution in [0.2, 0.25) is 0 Å². The number of methoxy groups -OCH3 is 1. The Hall–Kier alpha value is -2.93. The first-order valence-electron chi connectivity index (χ1n) is 10.9. The lowest BCUT2D eigenvalue weighted by atomic mass is 9.68. The summed E-state index contributed by atoms with van der Waals surface area (Å²) in [6, 6.07) is 7.91. The van der Waals surface area contributed by atoms with Crippen LogP contribution in [0.1, 0.15) is 48.4 Å². The van der Waals surface area contributed by atoms with Crippen LogP contribution in [-0.4, -0.2) is 18.9 Å². The zero-order valence-electron chi connectivity index (χ0n) is 19.5. The standard InChI is InChI=1S/C26H28FNO4S/c1-14-22(25(30)31-5)24(23-19(28-14)11-26(3,4)12-20(23)29)21-10-16(15(2)33-21)13-32-18-8-6-17(27)7-9-18/h6-11,23-24,28H,12-13H2,1-5H3. The van der Waals surface area contributed by atoms with E-state index in [9.17, 15) is 14.0 Å². The molecule has 0 saturated heterocycles. The Balaban J connectivity index is 1.72. The molecule has 5 nitrogen and oxygen atoms in total. The van der Waals surface area contributed by atoms with Crippen LogP contribution >= 0.6 is 11.3 Å². The van der Waals surface area contributed by atoms with Gasteiger partial charge in [-0.3, -0.25) is 4.79 Å². The Morgan fingerprint density at radius 2 is 1.91 bits per heavy atom. The topological polar surface area (TPSA) is 64.6 Å². The lowest BCUT2D eigenvalue weighted by Gasteiger charge is -2.40. The summed E-state index contributed by atoms with van der Waals surface area (Å²) in [5.74, 6) is -0.942. The van der Waals surface area contributed by atoms with Crippen molar-refractivity contribution in [2.75, 3.05) is 7.11 Å². The van der Waals surface area contributed by atoms with Gasteiger partial charge in [-0.15, -0.1) is 11.3 Å². The SMILES string of the molecule is COC(=O)C1=C(C)NC2=CC(C)(C)CC(=O)C2C1c1cc(COc2ccc(F)cc2)c(C)s1. The zero-order chi connectivity index (χ0) is 23.9. The second-order valence-electron chi connectivity index (χ2n) is 9.31. The van der Waals surface area contributed by atoms with E-state index in [1.54, 1.807) is 23.5 Å². The largest absolute Gasteiger partial charge is 0.489 e. The number of benzene rings is 1. The average molecular weight is 470 g/mol. The van der Waals surface area contributed by atoms with E-state index in [1.807, 2.05) is 33.8 Å². The van der Waals surface area contributed by atoms with E-state index in [-0.39, 0.29) is 17.0 Å². The van der Waals surface area contributed by atoms with Gasteiger partial charge in [-0.25, -0.2) is 9.18 Å². The van der Waals surface area contributed by atoms with Gasteiger partial charge in [-0.1, -0.05) is 19.9 Å². The Morgan fingerprint density at radius 3 is 2.58 bits per heavy atom. The number of fused-ring (bicyclic) bond motifs is 1. The summed E-state index contributed by atoms with van der Waals surface area (Å²) in [6.07, 6.45) is 2.53. The number of hydrogen-bond acceptors (Lipinski definition) is 6. The lowest BCUT2D eigenvalue weighted by Crippen LogP contribution is -2.43. The second-order valence-corrected chi connectivity index (χ2v) is 10.6. The number of carbonyl (C=O) groups is 2. The van der Waals surface area contributed by atoms with Gasteiger partial charge in [-0.2, -0.15) is 0 Å². The van der Waals surface area contributed by atoms with Gasteiger partial charge in [-0.05, 0) is 49.6 Å². The molecule has 0 fully saturated rings. The van der Waals surface area contributed by atoms with Crippen LogP contribution in [0.5, 0.6) is 5.75 Å². The predicted octanol–water partition coefficient (Wildman–Crippen LogP) is 5.41. The van der Waals surface area contributed by atoms with Crippen molar-refractivity contribution in [3.63, 3.8) is 0 Å². The minimum atomic E-state index is -0.459. The molecule has 0 spiro atoms. The highest BCUT2D eigenvalue weighted by molar-refractivity contribution is 7.12. The minimum Gasteiger partial charge on any atom is -0.489 e. The van der Waals surface area contributed by atoms with Gasteiger partial charge in [0.15, 0.2) is 0 Å². The Bertz CT molecular complexity index is 1160. The third-order valence-electron chi connectivity index (χ3n) is 6.20. The summed E-state index contributed by atoms with van der Waals surface area (Å²) in [7, 11) is 1.36. The zero-order valence-corrected chi connectivity index (χ0v) is 20.3. The predicted molar refractivity (Wildman–Crippen MR) is 125 cm³/mol. The molecule has 0 amide bonds. The molecule has 0 saturated carbocycles. The quantitative estimate of drug-likeness (QED) is 0.594. The van der Waals surface area contributed by atoms with Gasteiger partial charge in [0.25, 0.3) is 0 Å². The molecule has 0 bridgehead atoms. The molecule has 2 unspecified atom stereocenters. The van der Waals surface area contributed by atoms with Crippen molar-refractivity contribution in [3.8, 4) is 5.75 Å². The van der Waals surface area contributed by atoms with E-state index in [0.29, 0.717) is 30.0 Å². The first-order chi connectivity index (χ1) is 15.6. The summed E-state index contributed by atoms with van der Waals surface area (Å²) < 4.78 is 24.1. The minimum absolute atomic E-state index is 0.110. The fourth-order valence-corrected chi connectivity index (χ4v) is 5.87. The van der Waals surface area contributed by atoms with Crippen LogP contribution in [0.15, 0.2) is 53.4 Å². The van der Waals surface area contributed by atoms with Gasteiger partial charge < -0.3 is 14.8 Å². The number of ether oxygens (including phenoxy) is 2. The Labute approximate surface area is 197 Å². The molecular formula is C26H28FNO4S. The number of allylic oxidation sites excluding steroid dienone is 3. The maximum Gasteiger partial charge on any atom is 0.336 e. The molecule has 2 heterocycles. The maximum atomic E-state index is 13.3. The van der Waals surface area contributed by atoms with Crippen LogP contribution in [0, 0.1) is 24.1 Å². The molecule has 4 rings (SSSR count). The number of Topliss-reactive ketones (excluding diaryl/α,β-unsaturated/α-hetero) is 1. The molecule has 33 heavy (non-hydrogen) atoms. The number of thiophene rings is 1. The van der Waals surface area contributed by atoms with Crippen LogP contribution < -0.4 is 10.1 Å². The van der Waals surface area contributed by atoms with Crippen molar-refractivity contribution in [1.29, 1.82) is 0 Å². The Kier molecular flexibility index (Phi) is 6.18. The van der Waals surface area contributed by atoms with Crippen molar-refractivity contribution in [3.05, 3.63) is 74.5 Å². The molecule has 1 aliphatic carbocycles. The summed E-state index contributed by atoms with van der Waals surface area (Å²) in [4.78, 5) is 28.1. The molecule has 0 radical (unpaired) electrons. The number of nitrogens with one attached hydrogen (secondary N) is 1. The van der Waals surface area contributed by atoms with Gasteiger partial charge in [0.1, 0.15) is 24.0 Å². The van der Waals surface area contributed by atoms with Crippen LogP contribution in [0.4, 0.5) is 4.39 Å². The molecule has 2 aromatic rings. The molecule has 2 aliphatic rings. The van der Waals surface area contributed by atoms with E-state index in [1.165, 1.54) is 19.2 Å². The fourth-order valence-electron chi connectivity index (χ4n) is 4.69. The molecule has 174 valence electrons. The molecular weight excluding hydrogens is 441 g/mol. The molecule has 1 N–H and O–H groups in total. The van der Waals surface area contributed by atoms with E-state index >= 15 is 0 Å². The van der Waals surface area contributed by atoms with E-state index in [2.05, 4.69) is 11.4 Å². The first kappa shape index (κ1) is 23.2. The molecule has 1 aliphatic heterocycles. The number of halogens is 1. The highest BCUT2D eigenvalue weighted by Gasteiger charge is 2.46. The monoisotopic (exact) mass is 469 g/mol. The summed E-state index contributed by atoms with van der Waals surface area (Å²) in [6.45, 7) is 8.24. The number of hydrogen-bond donors (Lipinski definition) is 1. The van der Waals surface area contributed by atoms with Gasteiger partial charge >= 0.3 is 5.97 Å². The molecule has 7 heteroatoms. The van der Waals surface area contributed by atoms with Crippen LogP contribution in [-0.2, 0) is 20.9 Å². The molecule has 2 atom stereocenters. The number of carbonyl (C=O) groups excluding carboxylic acids is 2. The van der Waals surface area contributed by atoms with E-state index < -0.39 is 17.8 Å². The maximum absolute atomic E-state index is 13.3. The summed E-state index contributed by atoms with van der Waals surface area (Å²) in [5, 5.41) is 3.31. The number of rotatable bonds is 5. The van der Waals surface area contributed by atoms with Gasteiger partial charge in [0.05, 0.1) is 18.6 Å². The first-order valence-corrected chi connectivity index (χ1v) is 11.7. The van der Waals surface area contributed by atoms with Crippen LogP contribution in [0.25, 0.3) is 0 Å². The average Bonchev–Trinajstić information content (AvgIpc) is 3.11.